The SMILES string of the molecule is CCc1ccc(NC(=O)C2CC2C(=O)N(Cc2ccccc2)c2ccccc2)cc1. The van der Waals surface area contributed by atoms with Gasteiger partial charge in [-0.2, -0.15) is 0 Å². The molecule has 0 heterocycles. The highest BCUT2D eigenvalue weighted by molar-refractivity contribution is 6.04. The van der Waals surface area contributed by atoms with E-state index < -0.39 is 0 Å². The van der Waals surface area contributed by atoms with E-state index in [1.54, 1.807) is 4.90 Å². The predicted molar refractivity (Wildman–Crippen MR) is 120 cm³/mol. The Labute approximate surface area is 177 Å². The zero-order valence-corrected chi connectivity index (χ0v) is 17.1. The number of anilines is 2. The van der Waals surface area contributed by atoms with Crippen LogP contribution in [0.1, 0.15) is 24.5 Å². The summed E-state index contributed by atoms with van der Waals surface area (Å²) < 4.78 is 0. The van der Waals surface area contributed by atoms with Crippen molar-refractivity contribution in [3.63, 3.8) is 0 Å². The topological polar surface area (TPSA) is 49.4 Å². The van der Waals surface area contributed by atoms with Crippen LogP contribution in [0.15, 0.2) is 84.9 Å². The molecule has 0 spiro atoms. The third-order valence-electron chi connectivity index (χ3n) is 5.59. The minimum absolute atomic E-state index is 0.00605. The van der Waals surface area contributed by atoms with Gasteiger partial charge in [0.2, 0.25) is 11.8 Å². The highest BCUT2D eigenvalue weighted by Crippen LogP contribution is 2.42. The van der Waals surface area contributed by atoms with Crippen LogP contribution in [0.25, 0.3) is 0 Å². The van der Waals surface area contributed by atoms with E-state index in [9.17, 15) is 9.59 Å². The molecule has 3 aromatic rings. The van der Waals surface area contributed by atoms with Crippen molar-refractivity contribution in [1.29, 1.82) is 0 Å². The van der Waals surface area contributed by atoms with Crippen LogP contribution >= 0.6 is 0 Å². The van der Waals surface area contributed by atoms with Gasteiger partial charge in [0.1, 0.15) is 0 Å². The maximum absolute atomic E-state index is 13.3. The van der Waals surface area contributed by atoms with Crippen molar-refractivity contribution < 1.29 is 9.59 Å². The number of aryl methyl sites for hydroxylation is 1. The van der Waals surface area contributed by atoms with Crippen LogP contribution in [-0.4, -0.2) is 11.8 Å². The summed E-state index contributed by atoms with van der Waals surface area (Å²) in [5.41, 5.74) is 3.92. The normalized spacial score (nSPS) is 17.2. The summed E-state index contributed by atoms with van der Waals surface area (Å²) in [4.78, 5) is 27.8. The van der Waals surface area contributed by atoms with E-state index in [-0.39, 0.29) is 23.7 Å². The molecule has 4 nitrogen and oxygen atoms in total. The lowest BCUT2D eigenvalue weighted by atomic mass is 10.1. The van der Waals surface area contributed by atoms with Gasteiger partial charge in [-0.1, -0.05) is 67.6 Å². The summed E-state index contributed by atoms with van der Waals surface area (Å²) in [6, 6.07) is 27.5. The summed E-state index contributed by atoms with van der Waals surface area (Å²) in [5.74, 6) is -0.619. The highest BCUT2D eigenvalue weighted by Gasteiger charge is 2.49. The van der Waals surface area contributed by atoms with Gasteiger partial charge in [0.05, 0.1) is 18.4 Å². The molecule has 0 radical (unpaired) electrons. The summed E-state index contributed by atoms with van der Waals surface area (Å²) >= 11 is 0. The molecule has 2 atom stereocenters. The van der Waals surface area contributed by atoms with E-state index in [2.05, 4.69) is 12.2 Å². The van der Waals surface area contributed by atoms with Gasteiger partial charge in [0.25, 0.3) is 0 Å². The van der Waals surface area contributed by atoms with Crippen molar-refractivity contribution in [2.75, 3.05) is 10.2 Å². The quantitative estimate of drug-likeness (QED) is 0.605. The first-order chi connectivity index (χ1) is 14.7. The molecule has 1 aliphatic rings. The first-order valence-corrected chi connectivity index (χ1v) is 10.5. The fourth-order valence-electron chi connectivity index (χ4n) is 3.69. The van der Waals surface area contributed by atoms with Crippen LogP contribution in [0.4, 0.5) is 11.4 Å². The molecule has 4 rings (SSSR count). The Morgan fingerprint density at radius 1 is 0.833 bits per heavy atom. The summed E-state index contributed by atoms with van der Waals surface area (Å²) in [5, 5.41) is 2.96. The smallest absolute Gasteiger partial charge is 0.231 e. The number of nitrogens with one attached hydrogen (secondary N) is 1. The molecule has 1 aliphatic carbocycles. The number of nitrogens with zero attached hydrogens (tertiary/aromatic N) is 1. The number of carbonyl (C=O) groups is 2. The van der Waals surface area contributed by atoms with Gasteiger partial charge in [-0.25, -0.2) is 0 Å². The minimum atomic E-state index is -0.274. The van der Waals surface area contributed by atoms with Crippen molar-refractivity contribution in [2.45, 2.75) is 26.3 Å². The average Bonchev–Trinajstić information content (AvgIpc) is 3.60. The van der Waals surface area contributed by atoms with Crippen LogP contribution in [0.3, 0.4) is 0 Å². The van der Waals surface area contributed by atoms with E-state index in [0.717, 1.165) is 23.4 Å². The summed E-state index contributed by atoms with van der Waals surface area (Å²) in [7, 11) is 0. The molecule has 1 fully saturated rings. The Morgan fingerprint density at radius 2 is 1.47 bits per heavy atom. The molecule has 0 aliphatic heterocycles. The Kier molecular flexibility index (Phi) is 5.94. The number of carbonyl (C=O) groups excluding carboxylic acids is 2. The standard InChI is InChI=1S/C26H26N2O2/c1-2-19-13-15-21(16-14-19)27-25(29)23-17-24(23)26(30)28(22-11-7-4-8-12-22)18-20-9-5-3-6-10-20/h3-16,23-24H,2,17-18H2,1H3,(H,27,29). The second-order valence-corrected chi connectivity index (χ2v) is 7.73. The van der Waals surface area contributed by atoms with Gasteiger partial charge >= 0.3 is 0 Å². The fraction of sp³-hybridized carbons (Fsp3) is 0.231. The zero-order chi connectivity index (χ0) is 20.9. The Bertz CT molecular complexity index is 1000. The maximum atomic E-state index is 13.3. The number of amides is 2. The first-order valence-electron chi connectivity index (χ1n) is 10.5. The van der Waals surface area contributed by atoms with E-state index in [4.69, 9.17) is 0 Å². The second kappa shape index (κ2) is 8.95. The largest absolute Gasteiger partial charge is 0.326 e. The van der Waals surface area contributed by atoms with E-state index in [1.165, 1.54) is 5.56 Å². The molecule has 152 valence electrons. The third kappa shape index (κ3) is 4.60. The molecule has 1 saturated carbocycles. The lowest BCUT2D eigenvalue weighted by Crippen LogP contribution is -2.33. The fourth-order valence-corrected chi connectivity index (χ4v) is 3.69. The molecule has 0 saturated heterocycles. The lowest BCUT2D eigenvalue weighted by Gasteiger charge is -2.23. The molecular weight excluding hydrogens is 372 g/mol. The Morgan fingerprint density at radius 3 is 2.10 bits per heavy atom. The number of benzene rings is 3. The highest BCUT2D eigenvalue weighted by atomic mass is 16.2. The van der Waals surface area contributed by atoms with E-state index in [1.807, 2.05) is 84.9 Å². The van der Waals surface area contributed by atoms with Gasteiger partial charge in [-0.3, -0.25) is 9.59 Å². The molecule has 2 unspecified atom stereocenters. The Hall–Kier alpha value is -3.40. The molecule has 2 amide bonds. The predicted octanol–water partition coefficient (Wildman–Crippen LogP) is 5.06. The monoisotopic (exact) mass is 398 g/mol. The van der Waals surface area contributed by atoms with Crippen molar-refractivity contribution in [3.8, 4) is 0 Å². The third-order valence-corrected chi connectivity index (χ3v) is 5.59. The van der Waals surface area contributed by atoms with Gasteiger partial charge in [0.15, 0.2) is 0 Å². The van der Waals surface area contributed by atoms with Gasteiger partial charge in [-0.05, 0) is 48.2 Å². The molecular formula is C26H26N2O2. The summed E-state index contributed by atoms with van der Waals surface area (Å²) in [6.07, 6.45) is 1.56. The average molecular weight is 399 g/mol. The Balaban J connectivity index is 1.45. The molecule has 0 bridgehead atoms. The molecule has 4 heteroatoms. The summed E-state index contributed by atoms with van der Waals surface area (Å²) in [6.45, 7) is 2.59. The number of para-hydroxylation sites is 1. The molecule has 1 N–H and O–H groups in total. The van der Waals surface area contributed by atoms with Crippen LogP contribution in [0, 0.1) is 11.8 Å². The van der Waals surface area contributed by atoms with Crippen molar-refractivity contribution in [1.82, 2.24) is 0 Å². The zero-order valence-electron chi connectivity index (χ0n) is 17.1. The maximum Gasteiger partial charge on any atom is 0.231 e. The molecule has 0 aromatic heterocycles. The van der Waals surface area contributed by atoms with Crippen molar-refractivity contribution in [3.05, 3.63) is 96.1 Å². The molecule has 3 aromatic carbocycles. The van der Waals surface area contributed by atoms with Crippen LogP contribution in [0.5, 0.6) is 0 Å². The first kappa shape index (κ1) is 19.9. The van der Waals surface area contributed by atoms with Crippen LogP contribution < -0.4 is 10.2 Å². The number of hydrogen-bond acceptors (Lipinski definition) is 2. The number of rotatable bonds is 7. The number of hydrogen-bond donors (Lipinski definition) is 1. The van der Waals surface area contributed by atoms with Gasteiger partial charge in [-0.15, -0.1) is 0 Å². The van der Waals surface area contributed by atoms with E-state index >= 15 is 0 Å². The lowest BCUT2D eigenvalue weighted by molar-refractivity contribution is -0.123. The van der Waals surface area contributed by atoms with Crippen LogP contribution in [0.2, 0.25) is 0 Å². The van der Waals surface area contributed by atoms with Crippen molar-refractivity contribution >= 4 is 23.2 Å². The van der Waals surface area contributed by atoms with Crippen molar-refractivity contribution in [2.24, 2.45) is 11.8 Å². The van der Waals surface area contributed by atoms with E-state index in [0.29, 0.717) is 13.0 Å². The van der Waals surface area contributed by atoms with Crippen LogP contribution in [-0.2, 0) is 22.6 Å². The minimum Gasteiger partial charge on any atom is -0.326 e. The van der Waals surface area contributed by atoms with Gasteiger partial charge < -0.3 is 10.2 Å². The van der Waals surface area contributed by atoms with Gasteiger partial charge in [0, 0.05) is 11.4 Å². The molecule has 30 heavy (non-hydrogen) atoms. The second-order valence-electron chi connectivity index (χ2n) is 7.73.